The molecule has 158 valence electrons. The molecule has 0 N–H and O–H groups in total. The van der Waals surface area contributed by atoms with Gasteiger partial charge in [0, 0.05) is 28.2 Å². The Morgan fingerprint density at radius 2 is 1.34 bits per heavy atom. The van der Waals surface area contributed by atoms with Gasteiger partial charge in [0.15, 0.2) is 0 Å². The van der Waals surface area contributed by atoms with Crippen LogP contribution in [0.25, 0.3) is 0 Å². The topological polar surface area (TPSA) is 41.5 Å². The van der Waals surface area contributed by atoms with Crippen molar-refractivity contribution in [2.45, 2.75) is 12.8 Å². The molecule has 11 heteroatoms. The molecule has 0 radical (unpaired) electrons. The summed E-state index contributed by atoms with van der Waals surface area (Å²) in [4.78, 5) is 0. The van der Waals surface area contributed by atoms with E-state index in [4.69, 9.17) is 61.0 Å². The average Bonchev–Trinajstić information content (AvgIpc) is 3.26. The molecule has 0 saturated carbocycles. The van der Waals surface area contributed by atoms with Gasteiger partial charge in [0.05, 0.1) is 27.2 Å². The number of rotatable bonds is 1. The zero-order valence-corrected chi connectivity index (χ0v) is 24.2. The minimum Gasteiger partial charge on any atom is -0.857 e. The smallest absolute Gasteiger partial charge is 0.857 e. The molecular formula is C18H18Br2Cl4FNaO3. The zero-order chi connectivity index (χ0) is 21.7. The van der Waals surface area contributed by atoms with Gasteiger partial charge in [0.25, 0.3) is 0 Å². The number of methoxy groups -OCH3 is 1. The van der Waals surface area contributed by atoms with E-state index >= 15 is 0 Å². The van der Waals surface area contributed by atoms with Gasteiger partial charge in [0.2, 0.25) is 0 Å². The van der Waals surface area contributed by atoms with Gasteiger partial charge in [-0.1, -0.05) is 46.4 Å². The van der Waals surface area contributed by atoms with Crippen molar-refractivity contribution in [1.29, 1.82) is 0 Å². The Kier molecular flexibility index (Phi) is 20.9. The maximum absolute atomic E-state index is 12.4. The summed E-state index contributed by atoms with van der Waals surface area (Å²) in [6.07, 6.45) is 2.56. The Morgan fingerprint density at radius 1 is 0.897 bits per heavy atom. The van der Waals surface area contributed by atoms with Crippen molar-refractivity contribution in [3.63, 3.8) is 0 Å². The minimum atomic E-state index is -0.402. The molecule has 3 nitrogen and oxygen atoms in total. The molecule has 0 aromatic heterocycles. The number of ether oxygens (including phenoxy) is 2. The third-order valence-corrected chi connectivity index (χ3v) is 6.28. The van der Waals surface area contributed by atoms with Crippen LogP contribution in [0.2, 0.25) is 20.1 Å². The average molecular weight is 626 g/mol. The van der Waals surface area contributed by atoms with Crippen LogP contribution in [-0.2, 0) is 4.74 Å². The number of hydrogen-bond acceptors (Lipinski definition) is 3. The van der Waals surface area contributed by atoms with E-state index in [1.165, 1.54) is 18.9 Å². The molecule has 0 atom stereocenters. The third-order valence-electron chi connectivity index (χ3n) is 2.97. The maximum Gasteiger partial charge on any atom is 1.00 e. The Hall–Kier alpha value is 1.21. The van der Waals surface area contributed by atoms with Gasteiger partial charge in [-0.15, -0.1) is 0 Å². The molecule has 2 aromatic rings. The van der Waals surface area contributed by atoms with Crippen LogP contribution < -0.4 is 39.4 Å². The van der Waals surface area contributed by atoms with Gasteiger partial charge in [0.1, 0.15) is 11.6 Å². The van der Waals surface area contributed by atoms with E-state index in [0.717, 1.165) is 30.9 Å². The predicted octanol–water partition coefficient (Wildman–Crippen LogP) is 4.44. The SMILES string of the molecule is C1CCOC1.COc1cc(Cl)c(Cl)c(Br)c1.C[O-].Fc1cc(Cl)c(Cl)c(Br)c1.[Na+]. The first kappa shape index (κ1) is 32.4. The molecule has 0 spiro atoms. The normalized spacial score (nSPS) is 11.5. The summed E-state index contributed by atoms with van der Waals surface area (Å²) in [6.45, 7) is 2.00. The van der Waals surface area contributed by atoms with Crippen molar-refractivity contribution in [2.24, 2.45) is 0 Å². The number of benzene rings is 2. The van der Waals surface area contributed by atoms with E-state index in [9.17, 15) is 4.39 Å². The quantitative estimate of drug-likeness (QED) is 0.268. The molecule has 0 bridgehead atoms. The second kappa shape index (κ2) is 18.8. The van der Waals surface area contributed by atoms with E-state index in [1.54, 1.807) is 19.2 Å². The number of halogens is 7. The monoisotopic (exact) mass is 622 g/mol. The largest absolute Gasteiger partial charge is 1.00 e. The van der Waals surface area contributed by atoms with Crippen molar-refractivity contribution in [2.75, 3.05) is 27.4 Å². The summed E-state index contributed by atoms with van der Waals surface area (Å²) in [6, 6.07) is 5.84. The fourth-order valence-corrected chi connectivity index (χ4v) is 3.42. The van der Waals surface area contributed by atoms with Gasteiger partial charge in [-0.05, 0) is 62.9 Å². The van der Waals surface area contributed by atoms with Gasteiger partial charge in [-0.2, -0.15) is 7.11 Å². The van der Waals surface area contributed by atoms with Gasteiger partial charge >= 0.3 is 29.6 Å². The second-order valence-corrected chi connectivity index (χ2v) is 8.19. The number of hydrogen-bond donors (Lipinski definition) is 0. The maximum atomic E-state index is 12.4. The predicted molar refractivity (Wildman–Crippen MR) is 121 cm³/mol. The first-order valence-corrected chi connectivity index (χ1v) is 10.8. The Balaban J connectivity index is 0. The van der Waals surface area contributed by atoms with Crippen LogP contribution in [-0.4, -0.2) is 27.4 Å². The minimum absolute atomic E-state index is 0. The van der Waals surface area contributed by atoms with Crippen molar-refractivity contribution in [3.8, 4) is 5.75 Å². The molecular weight excluding hydrogens is 608 g/mol. The van der Waals surface area contributed by atoms with Crippen molar-refractivity contribution < 1.29 is 48.5 Å². The summed E-state index contributed by atoms with van der Waals surface area (Å²) in [5.41, 5.74) is 0. The van der Waals surface area contributed by atoms with Crippen LogP contribution in [0.3, 0.4) is 0 Å². The standard InChI is InChI=1S/C7H5BrCl2O.C6H2BrCl2F.C4H8O.CH3O.Na/c1-11-4-2-5(8)7(10)6(9)3-4;7-4-1-3(10)2-5(8)6(4)9;1-2-4-5-3-1;1-2;/h2-3H,1H3;1-2H;1-4H2;1H3;/q;;;-1;+1. The Morgan fingerprint density at radius 3 is 1.69 bits per heavy atom. The molecule has 0 amide bonds. The molecule has 1 saturated heterocycles. The molecule has 0 aliphatic carbocycles. The first-order valence-electron chi connectivity index (χ1n) is 7.73. The summed E-state index contributed by atoms with van der Waals surface area (Å²) >= 11 is 28.9. The van der Waals surface area contributed by atoms with Crippen molar-refractivity contribution >= 4 is 78.3 Å². The summed E-state index contributed by atoms with van der Waals surface area (Å²) in [5.74, 6) is 0.285. The fourth-order valence-electron chi connectivity index (χ4n) is 1.69. The van der Waals surface area contributed by atoms with E-state index in [0.29, 0.717) is 25.3 Å². The summed E-state index contributed by atoms with van der Waals surface area (Å²) in [5, 5.41) is 9.79. The van der Waals surface area contributed by atoms with E-state index < -0.39 is 5.82 Å². The van der Waals surface area contributed by atoms with Crippen molar-refractivity contribution in [1.82, 2.24) is 0 Å². The van der Waals surface area contributed by atoms with Crippen LogP contribution >= 0.6 is 78.3 Å². The van der Waals surface area contributed by atoms with Gasteiger partial charge in [-0.25, -0.2) is 4.39 Å². The van der Waals surface area contributed by atoms with E-state index in [-0.39, 0.29) is 34.6 Å². The van der Waals surface area contributed by atoms with E-state index in [1.807, 2.05) is 0 Å². The van der Waals surface area contributed by atoms with Crippen LogP contribution in [0, 0.1) is 5.82 Å². The molecule has 3 rings (SSSR count). The molecule has 1 aliphatic heterocycles. The summed E-state index contributed by atoms with van der Waals surface area (Å²) < 4.78 is 23.5. The van der Waals surface area contributed by atoms with Crippen LogP contribution in [0.15, 0.2) is 33.2 Å². The molecule has 1 heterocycles. The third kappa shape index (κ3) is 13.4. The summed E-state index contributed by atoms with van der Waals surface area (Å²) in [7, 11) is 2.33. The molecule has 1 fully saturated rings. The first-order chi connectivity index (χ1) is 13.3. The van der Waals surface area contributed by atoms with Crippen LogP contribution in [0.1, 0.15) is 12.8 Å². The van der Waals surface area contributed by atoms with Crippen LogP contribution in [0.5, 0.6) is 5.75 Å². The Labute approximate surface area is 229 Å². The fraction of sp³-hybridized carbons (Fsp3) is 0.333. The van der Waals surface area contributed by atoms with Gasteiger partial charge < -0.3 is 14.6 Å². The van der Waals surface area contributed by atoms with Gasteiger partial charge in [-0.3, -0.25) is 0 Å². The molecule has 1 aliphatic rings. The van der Waals surface area contributed by atoms with Crippen molar-refractivity contribution in [3.05, 3.63) is 59.1 Å². The second-order valence-electron chi connectivity index (χ2n) is 4.91. The van der Waals surface area contributed by atoms with E-state index in [2.05, 4.69) is 31.9 Å². The van der Waals surface area contributed by atoms with Crippen LogP contribution in [0.4, 0.5) is 4.39 Å². The zero-order valence-electron chi connectivity index (χ0n) is 16.0. The molecule has 29 heavy (non-hydrogen) atoms. The molecule has 0 unspecified atom stereocenters. The Bertz CT molecular complexity index is 685. The molecule has 2 aromatic carbocycles.